The monoisotopic (exact) mass is 201 g/mol. The third kappa shape index (κ3) is 3.31. The van der Waals surface area contributed by atoms with E-state index in [1.54, 1.807) is 0 Å². The molecule has 1 aliphatic rings. The maximum Gasteiger partial charge on any atom is 0.144 e. The van der Waals surface area contributed by atoms with Crippen LogP contribution in [-0.2, 0) is 11.4 Å². The molecule has 1 rings (SSSR count). The summed E-state index contributed by atoms with van der Waals surface area (Å²) in [6, 6.07) is 0. The Balaban J connectivity index is 2.32. The first-order valence-electron chi connectivity index (χ1n) is 4.86. The van der Waals surface area contributed by atoms with Crippen molar-refractivity contribution in [3.05, 3.63) is 0 Å². The minimum Gasteiger partial charge on any atom is -0.591 e. The van der Waals surface area contributed by atoms with Gasteiger partial charge in [-0.15, -0.1) is 0 Å². The predicted octanol–water partition coefficient (Wildman–Crippen LogP) is 2.57. The molecule has 76 valence electrons. The largest absolute Gasteiger partial charge is 0.591 e. The van der Waals surface area contributed by atoms with Gasteiger partial charge >= 0.3 is 0 Å². The second-order valence-corrected chi connectivity index (χ2v) is 6.89. The lowest BCUT2D eigenvalue weighted by molar-refractivity contribution is 0.286. The Labute approximate surface area is 84.1 Å². The van der Waals surface area contributed by atoms with Crippen molar-refractivity contribution in [2.45, 2.75) is 45.3 Å². The van der Waals surface area contributed by atoms with Gasteiger partial charge in [-0.1, -0.05) is 11.3 Å². The molecular weight excluding hydrogens is 182 g/mol. The van der Waals surface area contributed by atoms with Gasteiger partial charge in [0.25, 0.3) is 0 Å². The maximum absolute atomic E-state index is 11.5. The Bertz CT molecular complexity index is 192. The molecule has 0 aromatic rings. The van der Waals surface area contributed by atoms with Crippen molar-refractivity contribution in [3.8, 4) is 0 Å². The lowest BCUT2D eigenvalue weighted by Gasteiger charge is -2.29. The van der Waals surface area contributed by atoms with Crippen molar-refractivity contribution in [1.29, 1.82) is 0 Å². The molecule has 13 heavy (non-hydrogen) atoms. The molecule has 1 saturated carbocycles. The van der Waals surface area contributed by atoms with Gasteiger partial charge in [0.2, 0.25) is 0 Å². The fraction of sp³-hybridized carbons (Fsp3) is 0.900. The van der Waals surface area contributed by atoms with Gasteiger partial charge in [0, 0.05) is 0 Å². The summed E-state index contributed by atoms with van der Waals surface area (Å²) in [5, 5.41) is 0. The lowest BCUT2D eigenvalue weighted by Crippen LogP contribution is -2.28. The molecule has 0 amide bonds. The van der Waals surface area contributed by atoms with Gasteiger partial charge in [-0.05, 0) is 45.4 Å². The molecule has 0 heterocycles. The van der Waals surface area contributed by atoms with Crippen LogP contribution in [0.4, 0.5) is 0 Å². The normalized spacial score (nSPS) is 31.8. The summed E-state index contributed by atoms with van der Waals surface area (Å²) in [5.41, 5.74) is 0. The standard InChI is InChI=1S/C10H19NOS/c1-8-5-9(6-8)7-11-13(12)10(2,3)4/h7-9H,5-6H2,1-4H3. The van der Waals surface area contributed by atoms with Crippen molar-refractivity contribution in [1.82, 2.24) is 0 Å². The molecule has 1 aliphatic carbocycles. The molecule has 2 nitrogen and oxygen atoms in total. The van der Waals surface area contributed by atoms with Gasteiger partial charge in [-0.2, -0.15) is 0 Å². The van der Waals surface area contributed by atoms with E-state index in [0.29, 0.717) is 5.92 Å². The van der Waals surface area contributed by atoms with Gasteiger partial charge < -0.3 is 4.55 Å². The van der Waals surface area contributed by atoms with Crippen LogP contribution in [0.5, 0.6) is 0 Å². The molecule has 0 saturated heterocycles. The van der Waals surface area contributed by atoms with Gasteiger partial charge in [0.15, 0.2) is 0 Å². The first-order valence-corrected chi connectivity index (χ1v) is 5.96. The van der Waals surface area contributed by atoms with Crippen molar-refractivity contribution < 1.29 is 4.55 Å². The minimum absolute atomic E-state index is 0.216. The molecule has 0 aromatic heterocycles. The average molecular weight is 201 g/mol. The van der Waals surface area contributed by atoms with E-state index in [2.05, 4.69) is 11.3 Å². The molecule has 0 N–H and O–H groups in total. The van der Waals surface area contributed by atoms with Crippen molar-refractivity contribution in [2.75, 3.05) is 0 Å². The van der Waals surface area contributed by atoms with Crippen molar-refractivity contribution in [2.24, 2.45) is 16.2 Å². The lowest BCUT2D eigenvalue weighted by atomic mass is 9.77. The molecule has 0 aliphatic heterocycles. The van der Waals surface area contributed by atoms with E-state index in [1.807, 2.05) is 27.0 Å². The van der Waals surface area contributed by atoms with Crippen LogP contribution in [0.3, 0.4) is 0 Å². The molecular formula is C10H19NOS. The quantitative estimate of drug-likeness (QED) is 0.499. The Morgan fingerprint density at radius 1 is 1.38 bits per heavy atom. The molecule has 0 radical (unpaired) electrons. The Morgan fingerprint density at radius 3 is 2.31 bits per heavy atom. The minimum atomic E-state index is -1.07. The second kappa shape index (κ2) is 4.01. The highest BCUT2D eigenvalue weighted by molar-refractivity contribution is 7.91. The van der Waals surface area contributed by atoms with E-state index in [0.717, 1.165) is 5.92 Å². The van der Waals surface area contributed by atoms with Gasteiger partial charge in [-0.3, -0.25) is 0 Å². The third-order valence-electron chi connectivity index (χ3n) is 2.30. The van der Waals surface area contributed by atoms with Crippen LogP contribution in [0.1, 0.15) is 40.5 Å². The first kappa shape index (κ1) is 11.1. The molecule has 3 heteroatoms. The number of rotatable bonds is 2. The average Bonchev–Trinajstić information content (AvgIpc) is 1.93. The molecule has 1 fully saturated rings. The number of hydrogen-bond donors (Lipinski definition) is 0. The predicted molar refractivity (Wildman–Crippen MR) is 58.3 cm³/mol. The van der Waals surface area contributed by atoms with E-state index in [-0.39, 0.29) is 4.75 Å². The Morgan fingerprint density at radius 2 is 1.92 bits per heavy atom. The van der Waals surface area contributed by atoms with E-state index in [4.69, 9.17) is 0 Å². The van der Waals surface area contributed by atoms with Crippen LogP contribution in [0.25, 0.3) is 0 Å². The zero-order valence-corrected chi connectivity index (χ0v) is 9.73. The molecule has 0 aromatic carbocycles. The van der Waals surface area contributed by atoms with Crippen LogP contribution in [0.15, 0.2) is 4.40 Å². The summed E-state index contributed by atoms with van der Waals surface area (Å²) in [7, 11) is 0. The summed E-state index contributed by atoms with van der Waals surface area (Å²) in [5.74, 6) is 1.42. The Kier molecular flexibility index (Phi) is 3.41. The van der Waals surface area contributed by atoms with Crippen molar-refractivity contribution >= 4 is 17.6 Å². The first-order chi connectivity index (χ1) is 5.89. The van der Waals surface area contributed by atoms with Gasteiger partial charge in [-0.25, -0.2) is 0 Å². The van der Waals surface area contributed by atoms with E-state index < -0.39 is 11.4 Å². The summed E-state index contributed by atoms with van der Waals surface area (Å²) in [6.07, 6.45) is 4.32. The maximum atomic E-state index is 11.5. The van der Waals surface area contributed by atoms with Crippen LogP contribution in [0, 0.1) is 11.8 Å². The smallest absolute Gasteiger partial charge is 0.144 e. The topological polar surface area (TPSA) is 35.4 Å². The van der Waals surface area contributed by atoms with Crippen LogP contribution in [-0.4, -0.2) is 15.5 Å². The van der Waals surface area contributed by atoms with Crippen molar-refractivity contribution in [3.63, 3.8) is 0 Å². The number of nitrogens with zero attached hydrogens (tertiary/aromatic N) is 1. The van der Waals surface area contributed by atoms with Crippen LogP contribution < -0.4 is 0 Å². The zero-order chi connectivity index (χ0) is 10.1. The van der Waals surface area contributed by atoms with Crippen LogP contribution in [0.2, 0.25) is 0 Å². The SMILES string of the molecule is CC1CC(C=N[S+]([O-])C(C)(C)C)C1. The zero-order valence-electron chi connectivity index (χ0n) is 8.91. The fourth-order valence-electron chi connectivity index (χ4n) is 1.39. The fourth-order valence-corrected chi connectivity index (χ4v) is 1.98. The Hall–Kier alpha value is -0.0200. The summed E-state index contributed by atoms with van der Waals surface area (Å²) >= 11 is -1.07. The van der Waals surface area contributed by atoms with E-state index in [9.17, 15) is 4.55 Å². The summed E-state index contributed by atoms with van der Waals surface area (Å²) in [4.78, 5) is 0. The highest BCUT2D eigenvalue weighted by atomic mass is 32.2. The van der Waals surface area contributed by atoms with Gasteiger partial charge in [0.05, 0.1) is 6.21 Å². The molecule has 0 bridgehead atoms. The highest BCUT2D eigenvalue weighted by Gasteiger charge is 2.28. The third-order valence-corrected chi connectivity index (χ3v) is 3.66. The van der Waals surface area contributed by atoms with Crippen LogP contribution >= 0.6 is 0 Å². The highest BCUT2D eigenvalue weighted by Crippen LogP contribution is 2.31. The van der Waals surface area contributed by atoms with Gasteiger partial charge in [0.1, 0.15) is 16.1 Å². The summed E-state index contributed by atoms with van der Waals surface area (Å²) < 4.78 is 15.4. The molecule has 1 atom stereocenters. The number of hydrogen-bond acceptors (Lipinski definition) is 2. The van der Waals surface area contributed by atoms with E-state index in [1.165, 1.54) is 12.8 Å². The summed E-state index contributed by atoms with van der Waals surface area (Å²) in [6.45, 7) is 8.09. The second-order valence-electron chi connectivity index (χ2n) is 4.95. The molecule has 0 spiro atoms. The molecule has 1 unspecified atom stereocenters. The van der Waals surface area contributed by atoms with E-state index >= 15 is 0 Å².